The van der Waals surface area contributed by atoms with Crippen LogP contribution in [0, 0.1) is 6.92 Å². The van der Waals surface area contributed by atoms with Gasteiger partial charge in [-0.15, -0.1) is 0 Å². The smallest absolute Gasteiger partial charge is 0.408 e. The predicted molar refractivity (Wildman–Crippen MR) is 121 cm³/mol. The lowest BCUT2D eigenvalue weighted by Crippen LogP contribution is -2.43. The van der Waals surface area contributed by atoms with Gasteiger partial charge in [0, 0.05) is 23.4 Å². The Bertz CT molecular complexity index is 1190. The first-order valence-electron chi connectivity index (χ1n) is 10.3. The number of ether oxygens (including phenoxy) is 2. The third-order valence-electron chi connectivity index (χ3n) is 4.79. The summed E-state index contributed by atoms with van der Waals surface area (Å²) in [4.78, 5) is 36.8. The molecule has 1 atom stereocenters. The molecule has 0 saturated carbocycles. The zero-order chi connectivity index (χ0) is 23.5. The van der Waals surface area contributed by atoms with Crippen LogP contribution in [0.4, 0.5) is 4.79 Å². The first kappa shape index (κ1) is 23.1. The second-order valence-electron chi connectivity index (χ2n) is 8.60. The van der Waals surface area contributed by atoms with Crippen molar-refractivity contribution < 1.29 is 23.5 Å². The summed E-state index contributed by atoms with van der Waals surface area (Å²) in [6.45, 7) is 8.55. The van der Waals surface area contributed by atoms with E-state index in [1.165, 1.54) is 13.0 Å². The van der Waals surface area contributed by atoms with Crippen LogP contribution in [0.2, 0.25) is 0 Å². The number of carbonyl (C=O) groups excluding carboxylic acids is 2. The third kappa shape index (κ3) is 5.75. The van der Waals surface area contributed by atoms with Crippen molar-refractivity contribution in [3.05, 3.63) is 75.6 Å². The molecule has 168 valence electrons. The van der Waals surface area contributed by atoms with Gasteiger partial charge in [-0.2, -0.15) is 0 Å². The van der Waals surface area contributed by atoms with Crippen LogP contribution in [0.25, 0.3) is 11.0 Å². The number of alkyl carbamates (subject to hydrolysis) is 1. The van der Waals surface area contributed by atoms with Gasteiger partial charge in [0.25, 0.3) is 0 Å². The first-order valence-corrected chi connectivity index (χ1v) is 10.3. The van der Waals surface area contributed by atoms with E-state index in [9.17, 15) is 14.4 Å². The van der Waals surface area contributed by atoms with E-state index < -0.39 is 29.3 Å². The van der Waals surface area contributed by atoms with Crippen LogP contribution in [0.1, 0.15) is 44.4 Å². The highest BCUT2D eigenvalue weighted by atomic mass is 16.6. The number of benzene rings is 2. The number of carbonyl (C=O) groups is 2. The Labute approximate surface area is 186 Å². The van der Waals surface area contributed by atoms with E-state index in [0.717, 1.165) is 16.5 Å². The number of aryl methyl sites for hydroxylation is 1. The summed E-state index contributed by atoms with van der Waals surface area (Å²) in [5.41, 5.74) is 1.63. The van der Waals surface area contributed by atoms with Gasteiger partial charge in [0.2, 0.25) is 0 Å². The average Bonchev–Trinajstić information content (AvgIpc) is 2.70. The van der Waals surface area contributed by atoms with Gasteiger partial charge in [-0.25, -0.2) is 14.4 Å². The molecule has 1 N–H and O–H groups in total. The molecule has 0 aliphatic carbocycles. The van der Waals surface area contributed by atoms with Crippen LogP contribution in [0.15, 0.2) is 57.7 Å². The van der Waals surface area contributed by atoms with E-state index in [1.54, 1.807) is 32.9 Å². The molecular formula is C25H27NO6. The second-order valence-corrected chi connectivity index (χ2v) is 8.60. The van der Waals surface area contributed by atoms with Crippen molar-refractivity contribution in [2.45, 2.75) is 52.7 Å². The summed E-state index contributed by atoms with van der Waals surface area (Å²) in [5, 5.41) is 3.19. The number of amides is 1. The molecule has 0 bridgehead atoms. The molecule has 0 fully saturated rings. The maximum absolute atomic E-state index is 12.6. The van der Waals surface area contributed by atoms with E-state index in [-0.39, 0.29) is 5.75 Å². The van der Waals surface area contributed by atoms with Gasteiger partial charge in [0.05, 0.1) is 0 Å². The monoisotopic (exact) mass is 437 g/mol. The summed E-state index contributed by atoms with van der Waals surface area (Å²) >= 11 is 0. The van der Waals surface area contributed by atoms with Gasteiger partial charge in [0.15, 0.2) is 0 Å². The number of esters is 1. The van der Waals surface area contributed by atoms with Gasteiger partial charge < -0.3 is 19.2 Å². The number of rotatable bonds is 5. The molecule has 7 heteroatoms. The Hall–Kier alpha value is -3.61. The Morgan fingerprint density at radius 1 is 1.09 bits per heavy atom. The van der Waals surface area contributed by atoms with Crippen LogP contribution in [-0.4, -0.2) is 23.7 Å². The molecule has 1 amide bonds. The molecule has 0 saturated heterocycles. The van der Waals surface area contributed by atoms with Gasteiger partial charge in [0.1, 0.15) is 23.0 Å². The molecule has 1 aromatic heterocycles. The normalized spacial score (nSPS) is 12.3. The van der Waals surface area contributed by atoms with Crippen molar-refractivity contribution in [2.24, 2.45) is 0 Å². The minimum Gasteiger partial charge on any atom is -0.444 e. The molecule has 3 aromatic rings. The van der Waals surface area contributed by atoms with E-state index in [0.29, 0.717) is 17.6 Å². The minimum absolute atomic E-state index is 0.207. The fourth-order valence-electron chi connectivity index (χ4n) is 3.19. The van der Waals surface area contributed by atoms with Gasteiger partial charge >= 0.3 is 17.7 Å². The summed E-state index contributed by atoms with van der Waals surface area (Å²) in [6, 6.07) is 13.6. The van der Waals surface area contributed by atoms with Gasteiger partial charge in [-0.1, -0.05) is 30.3 Å². The SMILES string of the molecule is Cc1c(Cc2ccccc2)c(=O)oc2cc(OC(=O)C(C)NC(=O)OC(C)(C)C)ccc12. The van der Waals surface area contributed by atoms with Crippen LogP contribution in [-0.2, 0) is 16.0 Å². The van der Waals surface area contributed by atoms with Crippen LogP contribution in [0.5, 0.6) is 5.75 Å². The van der Waals surface area contributed by atoms with Gasteiger partial charge in [-0.05, 0) is 57.9 Å². The number of fused-ring (bicyclic) bond motifs is 1. The highest BCUT2D eigenvalue weighted by molar-refractivity contribution is 5.85. The second kappa shape index (κ2) is 9.26. The van der Waals surface area contributed by atoms with E-state index in [2.05, 4.69) is 5.32 Å². The highest BCUT2D eigenvalue weighted by Gasteiger charge is 2.22. The molecular weight excluding hydrogens is 410 g/mol. The molecule has 1 heterocycles. The highest BCUT2D eigenvalue weighted by Crippen LogP contribution is 2.25. The van der Waals surface area contributed by atoms with Crippen molar-refractivity contribution in [2.75, 3.05) is 0 Å². The summed E-state index contributed by atoms with van der Waals surface area (Å²) in [6.07, 6.45) is -0.247. The lowest BCUT2D eigenvalue weighted by Gasteiger charge is -2.21. The molecule has 0 aliphatic rings. The van der Waals surface area contributed by atoms with Crippen molar-refractivity contribution in [3.63, 3.8) is 0 Å². The van der Waals surface area contributed by atoms with Crippen molar-refractivity contribution in [3.8, 4) is 5.75 Å². The van der Waals surface area contributed by atoms with E-state index in [1.807, 2.05) is 37.3 Å². The predicted octanol–water partition coefficient (Wildman–Crippen LogP) is 4.51. The van der Waals surface area contributed by atoms with Crippen molar-refractivity contribution in [1.82, 2.24) is 5.32 Å². The average molecular weight is 437 g/mol. The van der Waals surface area contributed by atoms with Crippen LogP contribution < -0.4 is 15.7 Å². The van der Waals surface area contributed by atoms with E-state index >= 15 is 0 Å². The lowest BCUT2D eigenvalue weighted by atomic mass is 10.00. The molecule has 2 aromatic carbocycles. The quantitative estimate of drug-likeness (QED) is 0.358. The molecule has 7 nitrogen and oxygen atoms in total. The Balaban J connectivity index is 1.77. The molecule has 0 spiro atoms. The first-order chi connectivity index (χ1) is 15.0. The fraction of sp³-hybridized carbons (Fsp3) is 0.320. The van der Waals surface area contributed by atoms with Crippen LogP contribution in [0.3, 0.4) is 0 Å². The topological polar surface area (TPSA) is 94.8 Å². The fourth-order valence-corrected chi connectivity index (χ4v) is 3.19. The van der Waals surface area contributed by atoms with Crippen molar-refractivity contribution in [1.29, 1.82) is 0 Å². The molecule has 0 radical (unpaired) electrons. The maximum atomic E-state index is 12.6. The lowest BCUT2D eigenvalue weighted by molar-refractivity contribution is -0.136. The third-order valence-corrected chi connectivity index (χ3v) is 4.79. The Morgan fingerprint density at radius 3 is 2.44 bits per heavy atom. The number of nitrogens with one attached hydrogen (secondary N) is 1. The largest absolute Gasteiger partial charge is 0.444 e. The molecule has 0 aliphatic heterocycles. The van der Waals surface area contributed by atoms with Gasteiger partial charge in [-0.3, -0.25) is 0 Å². The number of hydrogen-bond acceptors (Lipinski definition) is 6. The standard InChI is InChI=1S/C25H27NO6/c1-15-19-12-11-18(30-22(27)16(2)26-24(29)32-25(3,4)5)14-21(19)31-23(28)20(15)13-17-9-7-6-8-10-17/h6-12,14,16H,13H2,1-5H3,(H,26,29). The minimum atomic E-state index is -0.928. The summed E-state index contributed by atoms with van der Waals surface area (Å²) < 4.78 is 16.0. The number of hydrogen-bond donors (Lipinski definition) is 1. The van der Waals surface area contributed by atoms with E-state index in [4.69, 9.17) is 13.9 Å². The molecule has 1 unspecified atom stereocenters. The van der Waals surface area contributed by atoms with Crippen LogP contribution >= 0.6 is 0 Å². The zero-order valence-electron chi connectivity index (χ0n) is 18.9. The summed E-state index contributed by atoms with van der Waals surface area (Å²) in [5.74, 6) is -0.464. The molecule has 32 heavy (non-hydrogen) atoms. The Kier molecular flexibility index (Phi) is 6.67. The maximum Gasteiger partial charge on any atom is 0.408 e. The Morgan fingerprint density at radius 2 is 1.78 bits per heavy atom. The molecule has 3 rings (SSSR count). The summed E-state index contributed by atoms with van der Waals surface area (Å²) in [7, 11) is 0. The zero-order valence-corrected chi connectivity index (χ0v) is 18.9. The van der Waals surface area contributed by atoms with Crippen molar-refractivity contribution >= 4 is 23.0 Å².